The number of carbonyl (C=O) groups excluding carboxylic acids is 1. The smallest absolute Gasteiger partial charge is 0.246 e. The molecule has 1 saturated heterocycles. The summed E-state index contributed by atoms with van der Waals surface area (Å²) < 4.78 is 17.7. The first-order chi connectivity index (χ1) is 14.6. The van der Waals surface area contributed by atoms with Gasteiger partial charge in [0.25, 0.3) is 0 Å². The molecule has 9 heteroatoms. The number of methoxy groups -OCH3 is 1. The van der Waals surface area contributed by atoms with E-state index >= 15 is 0 Å². The predicted octanol–water partition coefficient (Wildman–Crippen LogP) is 2.17. The van der Waals surface area contributed by atoms with Gasteiger partial charge < -0.3 is 19.5 Å². The van der Waals surface area contributed by atoms with E-state index in [1.165, 1.54) is 0 Å². The molecule has 0 spiro atoms. The van der Waals surface area contributed by atoms with Crippen molar-refractivity contribution in [2.24, 2.45) is 0 Å². The highest BCUT2D eigenvalue weighted by atomic mass is 16.5. The maximum atomic E-state index is 12.1. The maximum Gasteiger partial charge on any atom is 0.246 e. The van der Waals surface area contributed by atoms with E-state index in [1.54, 1.807) is 18.0 Å². The molecule has 3 heterocycles. The fraction of sp³-hybridized carbons (Fsp3) is 0.429. The Morgan fingerprint density at radius 3 is 2.93 bits per heavy atom. The highest BCUT2D eigenvalue weighted by molar-refractivity contribution is 5.77. The summed E-state index contributed by atoms with van der Waals surface area (Å²) in [4.78, 5) is 21.1. The number of nitrogens with one attached hydrogen (secondary N) is 1. The van der Waals surface area contributed by atoms with Crippen LogP contribution < -0.4 is 10.1 Å². The summed E-state index contributed by atoms with van der Waals surface area (Å²) >= 11 is 0. The predicted molar refractivity (Wildman–Crippen MR) is 109 cm³/mol. The lowest BCUT2D eigenvalue weighted by Crippen LogP contribution is -2.31. The fourth-order valence-corrected chi connectivity index (χ4v) is 3.32. The molecule has 1 amide bonds. The number of nitrogens with zero attached hydrogens (tertiary/aromatic N) is 4. The molecule has 1 N–H and O–H groups in total. The molecule has 1 fully saturated rings. The monoisotopic (exact) mass is 411 g/mol. The third kappa shape index (κ3) is 4.74. The number of benzene rings is 1. The van der Waals surface area contributed by atoms with E-state index in [0.717, 1.165) is 36.5 Å². The lowest BCUT2D eigenvalue weighted by atomic mass is 10.1. The van der Waals surface area contributed by atoms with Crippen molar-refractivity contribution in [1.82, 2.24) is 24.9 Å². The minimum Gasteiger partial charge on any atom is -0.497 e. The molecule has 0 aliphatic carbocycles. The molecule has 3 aromatic rings. The molecular formula is C21H25N5O4. The molecule has 2 atom stereocenters. The Morgan fingerprint density at radius 2 is 2.20 bits per heavy atom. The van der Waals surface area contributed by atoms with Crippen LogP contribution in [0.5, 0.6) is 5.75 Å². The van der Waals surface area contributed by atoms with Gasteiger partial charge in [-0.15, -0.1) is 5.10 Å². The van der Waals surface area contributed by atoms with Crippen LogP contribution >= 0.6 is 0 Å². The molecule has 1 aromatic carbocycles. The summed E-state index contributed by atoms with van der Waals surface area (Å²) in [6.07, 6.45) is 3.74. The minimum absolute atomic E-state index is 0.0132. The minimum atomic E-state index is -0.354. The number of hydrogen-bond donors (Lipinski definition) is 1. The summed E-state index contributed by atoms with van der Waals surface area (Å²) in [5, 5.41) is 7.28. The van der Waals surface area contributed by atoms with Crippen molar-refractivity contribution >= 4 is 11.6 Å². The number of ether oxygens (including phenoxy) is 3. The lowest BCUT2D eigenvalue weighted by molar-refractivity contribution is -0.127. The van der Waals surface area contributed by atoms with Crippen molar-refractivity contribution in [3.63, 3.8) is 0 Å². The van der Waals surface area contributed by atoms with Crippen molar-refractivity contribution in [1.29, 1.82) is 0 Å². The van der Waals surface area contributed by atoms with Gasteiger partial charge in [0.2, 0.25) is 5.91 Å². The third-order valence-corrected chi connectivity index (χ3v) is 4.96. The molecular weight excluding hydrogens is 386 g/mol. The molecule has 0 unspecified atom stereocenters. The van der Waals surface area contributed by atoms with Crippen LogP contribution in [-0.2, 0) is 14.3 Å². The van der Waals surface area contributed by atoms with E-state index in [9.17, 15) is 4.79 Å². The second-order valence-electron chi connectivity index (χ2n) is 7.21. The summed E-state index contributed by atoms with van der Waals surface area (Å²) in [7, 11) is 1.63. The van der Waals surface area contributed by atoms with E-state index < -0.39 is 0 Å². The zero-order valence-corrected chi connectivity index (χ0v) is 17.1. The second kappa shape index (κ2) is 9.19. The highest BCUT2D eigenvalue weighted by Gasteiger charge is 2.18. The lowest BCUT2D eigenvalue weighted by Gasteiger charge is -2.12. The maximum absolute atomic E-state index is 12.1. The Kier molecular flexibility index (Phi) is 6.20. The molecule has 0 bridgehead atoms. The molecule has 1 aliphatic rings. The normalized spacial score (nSPS) is 17.2. The topological polar surface area (TPSA) is 99.9 Å². The van der Waals surface area contributed by atoms with Crippen LogP contribution in [0.25, 0.3) is 16.9 Å². The largest absolute Gasteiger partial charge is 0.497 e. The number of fused-ring (bicyclic) bond motifs is 1. The van der Waals surface area contributed by atoms with Gasteiger partial charge in [0.05, 0.1) is 31.6 Å². The second-order valence-corrected chi connectivity index (χ2v) is 7.21. The highest BCUT2D eigenvalue weighted by Crippen LogP contribution is 2.21. The first-order valence-corrected chi connectivity index (χ1v) is 9.98. The molecule has 1 aliphatic heterocycles. The van der Waals surface area contributed by atoms with Crippen LogP contribution in [0.15, 0.2) is 36.7 Å². The zero-order chi connectivity index (χ0) is 20.9. The van der Waals surface area contributed by atoms with Crippen molar-refractivity contribution in [2.45, 2.75) is 31.9 Å². The Balaban J connectivity index is 1.37. The van der Waals surface area contributed by atoms with Gasteiger partial charge in [-0.25, -0.2) is 14.5 Å². The van der Waals surface area contributed by atoms with Crippen LogP contribution in [0.2, 0.25) is 0 Å². The van der Waals surface area contributed by atoms with Crippen molar-refractivity contribution < 1.29 is 19.0 Å². The van der Waals surface area contributed by atoms with Crippen LogP contribution in [0.1, 0.15) is 31.6 Å². The van der Waals surface area contributed by atoms with E-state index in [0.29, 0.717) is 18.1 Å². The average Bonchev–Trinajstić information content (AvgIpc) is 3.43. The fourth-order valence-electron chi connectivity index (χ4n) is 3.32. The quantitative estimate of drug-likeness (QED) is 0.606. The Labute approximate surface area is 174 Å². The Bertz CT molecular complexity index is 998. The molecule has 0 radical (unpaired) electrons. The number of rotatable bonds is 8. The standard InChI is InChI=1S/C21H25N5O4/c1-14(23-20(27)12-29-11-17-4-3-9-30-17)21-24-19-10-18(22-13-26(19)25-21)15-5-7-16(28-2)8-6-15/h5-8,10,13-14,17H,3-4,9,11-12H2,1-2H3,(H,23,27)/t14-,17-/m0/s1. The van der Waals surface area contributed by atoms with E-state index in [-0.39, 0.29) is 24.7 Å². The van der Waals surface area contributed by atoms with E-state index in [2.05, 4.69) is 20.4 Å². The van der Waals surface area contributed by atoms with Crippen LogP contribution in [-0.4, -0.2) is 58.5 Å². The van der Waals surface area contributed by atoms with Gasteiger partial charge >= 0.3 is 0 Å². The van der Waals surface area contributed by atoms with Crippen LogP contribution in [0, 0.1) is 0 Å². The van der Waals surface area contributed by atoms with Crippen LogP contribution in [0.3, 0.4) is 0 Å². The summed E-state index contributed by atoms with van der Waals surface area (Å²) in [6, 6.07) is 9.15. The summed E-state index contributed by atoms with van der Waals surface area (Å²) in [5.41, 5.74) is 2.39. The molecule has 0 saturated carbocycles. The zero-order valence-electron chi connectivity index (χ0n) is 17.1. The van der Waals surface area contributed by atoms with Gasteiger partial charge in [-0.2, -0.15) is 0 Å². The third-order valence-electron chi connectivity index (χ3n) is 4.96. The Hall–Kier alpha value is -3.04. The van der Waals surface area contributed by atoms with Gasteiger partial charge in [0.1, 0.15) is 18.7 Å². The molecule has 4 rings (SSSR count). The number of carbonyl (C=O) groups is 1. The first-order valence-electron chi connectivity index (χ1n) is 9.98. The average molecular weight is 411 g/mol. The van der Waals surface area contributed by atoms with Crippen molar-refractivity contribution in [2.75, 3.05) is 26.9 Å². The van der Waals surface area contributed by atoms with E-state index in [4.69, 9.17) is 14.2 Å². The number of aromatic nitrogens is 4. The van der Waals surface area contributed by atoms with Gasteiger partial charge in [-0.3, -0.25) is 4.79 Å². The number of amides is 1. The van der Waals surface area contributed by atoms with Crippen molar-refractivity contribution in [3.8, 4) is 17.0 Å². The summed E-state index contributed by atoms with van der Waals surface area (Å²) in [6.45, 7) is 3.03. The SMILES string of the molecule is COc1ccc(-c2cc3nc([C@H](C)NC(=O)COC[C@@H]4CCCO4)nn3cn2)cc1. The molecule has 30 heavy (non-hydrogen) atoms. The summed E-state index contributed by atoms with van der Waals surface area (Å²) in [5.74, 6) is 1.08. The van der Waals surface area contributed by atoms with Gasteiger partial charge in [0, 0.05) is 18.2 Å². The molecule has 2 aromatic heterocycles. The number of hydrogen-bond acceptors (Lipinski definition) is 7. The van der Waals surface area contributed by atoms with Crippen molar-refractivity contribution in [3.05, 3.63) is 42.5 Å². The van der Waals surface area contributed by atoms with Crippen LogP contribution in [0.4, 0.5) is 0 Å². The molecule has 158 valence electrons. The van der Waals surface area contributed by atoms with Gasteiger partial charge in [0.15, 0.2) is 11.5 Å². The molecule has 9 nitrogen and oxygen atoms in total. The Morgan fingerprint density at radius 1 is 1.37 bits per heavy atom. The first kappa shape index (κ1) is 20.2. The van der Waals surface area contributed by atoms with Gasteiger partial charge in [-0.1, -0.05) is 0 Å². The van der Waals surface area contributed by atoms with Gasteiger partial charge in [-0.05, 0) is 44.0 Å². The van der Waals surface area contributed by atoms with E-state index in [1.807, 2.05) is 37.3 Å².